The molecule has 0 amide bonds. The van der Waals surface area contributed by atoms with Gasteiger partial charge in [0.25, 0.3) is 0 Å². The average Bonchev–Trinajstić information content (AvgIpc) is 2.88. The van der Waals surface area contributed by atoms with E-state index in [0.717, 1.165) is 30.3 Å². The highest BCUT2D eigenvalue weighted by atomic mass is 32.1. The molecule has 0 radical (unpaired) electrons. The number of fused-ring (bicyclic) bond motifs is 1. The van der Waals surface area contributed by atoms with E-state index in [1.165, 1.54) is 5.69 Å². The monoisotopic (exact) mass is 281 g/mol. The minimum Gasteiger partial charge on any atom is -0.357 e. The second-order valence-electron chi connectivity index (χ2n) is 5.34. The second kappa shape index (κ2) is 5.90. The van der Waals surface area contributed by atoms with Crippen molar-refractivity contribution in [2.75, 3.05) is 39.1 Å². The summed E-state index contributed by atoms with van der Waals surface area (Å²) >= 11 is 1.67. The maximum absolute atomic E-state index is 5.97. The molecule has 0 aliphatic carbocycles. The first kappa shape index (κ1) is 14.3. The zero-order chi connectivity index (χ0) is 14.0. The lowest BCUT2D eigenvalue weighted by atomic mass is 10.2. The number of hydrogen-bond donors (Lipinski definition) is 1. The molecular weight excluding hydrogens is 258 g/mol. The van der Waals surface area contributed by atoms with Crippen molar-refractivity contribution < 1.29 is 0 Å². The lowest BCUT2D eigenvalue weighted by Crippen LogP contribution is -2.30. The lowest BCUT2D eigenvalue weighted by Gasteiger charge is -2.21. The van der Waals surface area contributed by atoms with Crippen LogP contribution in [0, 0.1) is 0 Å². The Bertz CT molecular complexity index is 528. The first-order valence-electron chi connectivity index (χ1n) is 6.55. The Hall–Kier alpha value is -1.11. The molecule has 5 nitrogen and oxygen atoms in total. The van der Waals surface area contributed by atoms with Crippen LogP contribution in [-0.4, -0.2) is 54.6 Å². The molecule has 2 aromatic heterocycles. The van der Waals surface area contributed by atoms with Crippen LogP contribution in [0.25, 0.3) is 4.96 Å². The first-order valence-corrected chi connectivity index (χ1v) is 7.43. The van der Waals surface area contributed by atoms with Crippen molar-refractivity contribution in [1.29, 1.82) is 0 Å². The molecule has 0 fully saturated rings. The van der Waals surface area contributed by atoms with Gasteiger partial charge in [-0.2, -0.15) is 0 Å². The Morgan fingerprint density at radius 3 is 2.74 bits per heavy atom. The Kier molecular flexibility index (Phi) is 4.44. The topological polar surface area (TPSA) is 49.8 Å². The molecule has 2 aromatic rings. The molecule has 0 spiro atoms. The van der Waals surface area contributed by atoms with Gasteiger partial charge in [0.05, 0.1) is 5.69 Å². The molecule has 0 aliphatic rings. The SMILES string of the molecule is CC(N)Cc1c(N(C)CCN(C)C)nc2sccn12. The molecule has 2 heterocycles. The van der Waals surface area contributed by atoms with Crippen molar-refractivity contribution in [3.8, 4) is 0 Å². The Labute approximate surface area is 118 Å². The van der Waals surface area contributed by atoms with Gasteiger partial charge in [0.2, 0.25) is 0 Å². The molecule has 2 rings (SSSR count). The van der Waals surface area contributed by atoms with Crippen molar-refractivity contribution in [1.82, 2.24) is 14.3 Å². The molecule has 106 valence electrons. The van der Waals surface area contributed by atoms with E-state index >= 15 is 0 Å². The van der Waals surface area contributed by atoms with Gasteiger partial charge < -0.3 is 15.5 Å². The van der Waals surface area contributed by atoms with Gasteiger partial charge in [0, 0.05) is 44.2 Å². The number of rotatable bonds is 6. The standard InChI is InChI=1S/C13H23N5S/c1-10(14)9-11-12(17(4)6-5-16(2)3)15-13-18(11)7-8-19-13/h7-8,10H,5-6,9,14H2,1-4H3. The van der Waals surface area contributed by atoms with Crippen molar-refractivity contribution in [2.45, 2.75) is 19.4 Å². The van der Waals surface area contributed by atoms with E-state index in [4.69, 9.17) is 10.7 Å². The highest BCUT2D eigenvalue weighted by Gasteiger charge is 2.17. The maximum Gasteiger partial charge on any atom is 0.195 e. The third-order valence-electron chi connectivity index (χ3n) is 3.10. The molecule has 0 bridgehead atoms. The van der Waals surface area contributed by atoms with E-state index in [-0.39, 0.29) is 6.04 Å². The minimum atomic E-state index is 0.140. The molecule has 6 heteroatoms. The van der Waals surface area contributed by atoms with Crippen LogP contribution in [0.4, 0.5) is 5.82 Å². The van der Waals surface area contributed by atoms with Crippen molar-refractivity contribution in [3.05, 3.63) is 17.3 Å². The molecular formula is C13H23N5S. The third kappa shape index (κ3) is 3.26. The predicted octanol–water partition coefficient (Wildman–Crippen LogP) is 1.28. The largest absolute Gasteiger partial charge is 0.357 e. The Balaban J connectivity index is 2.27. The summed E-state index contributed by atoms with van der Waals surface area (Å²) in [5.41, 5.74) is 7.19. The fraction of sp³-hybridized carbons (Fsp3) is 0.615. The summed E-state index contributed by atoms with van der Waals surface area (Å²) in [4.78, 5) is 10.2. The number of likely N-dealkylation sites (N-methyl/N-ethyl adjacent to an activating group) is 2. The summed E-state index contributed by atoms with van der Waals surface area (Å²) in [6.45, 7) is 4.01. The van der Waals surface area contributed by atoms with Crippen LogP contribution >= 0.6 is 11.3 Å². The van der Waals surface area contributed by atoms with Gasteiger partial charge in [-0.3, -0.25) is 4.40 Å². The van der Waals surface area contributed by atoms with Crippen LogP contribution < -0.4 is 10.6 Å². The lowest BCUT2D eigenvalue weighted by molar-refractivity contribution is 0.416. The number of imidazole rings is 1. The molecule has 0 aliphatic heterocycles. The number of nitrogens with two attached hydrogens (primary N) is 1. The highest BCUT2D eigenvalue weighted by molar-refractivity contribution is 7.15. The molecule has 0 saturated carbocycles. The summed E-state index contributed by atoms with van der Waals surface area (Å²) in [5.74, 6) is 1.06. The second-order valence-corrected chi connectivity index (χ2v) is 6.22. The molecule has 1 atom stereocenters. The first-order chi connectivity index (χ1) is 8.99. The van der Waals surface area contributed by atoms with Crippen LogP contribution in [0.3, 0.4) is 0 Å². The summed E-state index contributed by atoms with van der Waals surface area (Å²) < 4.78 is 2.16. The van der Waals surface area contributed by atoms with Gasteiger partial charge in [-0.25, -0.2) is 4.98 Å². The number of anilines is 1. The molecule has 19 heavy (non-hydrogen) atoms. The molecule has 1 unspecified atom stereocenters. The van der Waals surface area contributed by atoms with Gasteiger partial charge >= 0.3 is 0 Å². The van der Waals surface area contributed by atoms with Gasteiger partial charge in [0.1, 0.15) is 0 Å². The minimum absolute atomic E-state index is 0.140. The molecule has 0 saturated heterocycles. The van der Waals surface area contributed by atoms with E-state index in [0.29, 0.717) is 0 Å². The zero-order valence-electron chi connectivity index (χ0n) is 12.1. The third-order valence-corrected chi connectivity index (χ3v) is 3.86. The average molecular weight is 281 g/mol. The normalized spacial score (nSPS) is 13.4. The van der Waals surface area contributed by atoms with Gasteiger partial charge in [-0.15, -0.1) is 11.3 Å². The summed E-state index contributed by atoms with van der Waals surface area (Å²) in [6, 6.07) is 0.140. The van der Waals surface area contributed by atoms with E-state index in [2.05, 4.69) is 46.9 Å². The van der Waals surface area contributed by atoms with Gasteiger partial charge in [0.15, 0.2) is 10.8 Å². The fourth-order valence-corrected chi connectivity index (χ4v) is 2.81. The predicted molar refractivity (Wildman–Crippen MR) is 82.2 cm³/mol. The smallest absolute Gasteiger partial charge is 0.195 e. The molecule has 2 N–H and O–H groups in total. The number of aromatic nitrogens is 2. The van der Waals surface area contributed by atoms with E-state index in [1.807, 2.05) is 6.92 Å². The van der Waals surface area contributed by atoms with Crippen LogP contribution in [0.5, 0.6) is 0 Å². The Morgan fingerprint density at radius 2 is 2.11 bits per heavy atom. The van der Waals surface area contributed by atoms with Crippen LogP contribution in [0.1, 0.15) is 12.6 Å². The zero-order valence-corrected chi connectivity index (χ0v) is 12.9. The van der Waals surface area contributed by atoms with Crippen LogP contribution in [-0.2, 0) is 6.42 Å². The summed E-state index contributed by atoms with van der Waals surface area (Å²) in [7, 11) is 6.27. The molecule has 0 aromatic carbocycles. The summed E-state index contributed by atoms with van der Waals surface area (Å²) in [5, 5.41) is 2.07. The Morgan fingerprint density at radius 1 is 1.37 bits per heavy atom. The number of nitrogens with zero attached hydrogens (tertiary/aromatic N) is 4. The van der Waals surface area contributed by atoms with E-state index in [1.54, 1.807) is 11.3 Å². The van der Waals surface area contributed by atoms with Crippen LogP contribution in [0.2, 0.25) is 0 Å². The number of hydrogen-bond acceptors (Lipinski definition) is 5. The highest BCUT2D eigenvalue weighted by Crippen LogP contribution is 2.24. The van der Waals surface area contributed by atoms with Crippen molar-refractivity contribution >= 4 is 22.1 Å². The van der Waals surface area contributed by atoms with E-state index < -0.39 is 0 Å². The maximum atomic E-state index is 5.97. The quantitative estimate of drug-likeness (QED) is 0.867. The fourth-order valence-electron chi connectivity index (χ4n) is 2.08. The van der Waals surface area contributed by atoms with Gasteiger partial charge in [-0.1, -0.05) is 0 Å². The van der Waals surface area contributed by atoms with E-state index in [9.17, 15) is 0 Å². The van der Waals surface area contributed by atoms with Crippen LogP contribution in [0.15, 0.2) is 11.6 Å². The van der Waals surface area contributed by atoms with Crippen molar-refractivity contribution in [2.24, 2.45) is 5.73 Å². The van der Waals surface area contributed by atoms with Gasteiger partial charge in [-0.05, 0) is 21.0 Å². The van der Waals surface area contributed by atoms with Crippen molar-refractivity contribution in [3.63, 3.8) is 0 Å². The number of thiazole rings is 1. The summed E-state index contributed by atoms with van der Waals surface area (Å²) in [6.07, 6.45) is 2.92.